The average molecular weight is 278 g/mol. The number of hydrogen-bond acceptors (Lipinski definition) is 2. The van der Waals surface area contributed by atoms with Crippen molar-refractivity contribution in [2.75, 3.05) is 5.73 Å². The van der Waals surface area contributed by atoms with Crippen LogP contribution in [0.3, 0.4) is 0 Å². The van der Waals surface area contributed by atoms with Crippen molar-refractivity contribution in [2.24, 2.45) is 11.8 Å². The van der Waals surface area contributed by atoms with Gasteiger partial charge in [-0.15, -0.1) is 0 Å². The third kappa shape index (κ3) is 2.79. The second-order valence-electron chi connectivity index (χ2n) is 5.86. The number of anilines is 1. The van der Waals surface area contributed by atoms with Gasteiger partial charge in [0.05, 0.1) is 0 Å². The van der Waals surface area contributed by atoms with E-state index in [0.29, 0.717) is 28.7 Å². The van der Waals surface area contributed by atoms with Crippen LogP contribution >= 0.6 is 0 Å². The molecule has 1 saturated carbocycles. The lowest BCUT2D eigenvalue weighted by Crippen LogP contribution is -2.37. The smallest absolute Gasteiger partial charge is 0.251 e. The van der Waals surface area contributed by atoms with Gasteiger partial charge in [-0.3, -0.25) is 4.79 Å². The zero-order chi connectivity index (χ0) is 14.9. The number of hydrogen-bond donors (Lipinski definition) is 2. The summed E-state index contributed by atoms with van der Waals surface area (Å²) in [7, 11) is 0. The Morgan fingerprint density at radius 1 is 1.45 bits per heavy atom. The van der Waals surface area contributed by atoms with Crippen LogP contribution < -0.4 is 11.1 Å². The average Bonchev–Trinajstić information content (AvgIpc) is 2.76. The van der Waals surface area contributed by atoms with Crippen LogP contribution in [0.4, 0.5) is 10.1 Å². The van der Waals surface area contributed by atoms with Gasteiger partial charge in [-0.25, -0.2) is 4.39 Å². The van der Waals surface area contributed by atoms with Gasteiger partial charge in [0.2, 0.25) is 0 Å². The summed E-state index contributed by atoms with van der Waals surface area (Å²) in [5, 5.41) is 3.02. The molecular weight excluding hydrogens is 255 g/mol. The van der Waals surface area contributed by atoms with E-state index in [-0.39, 0.29) is 11.9 Å². The van der Waals surface area contributed by atoms with Crippen molar-refractivity contribution in [1.82, 2.24) is 5.32 Å². The summed E-state index contributed by atoms with van der Waals surface area (Å²) >= 11 is 0. The van der Waals surface area contributed by atoms with E-state index in [4.69, 9.17) is 5.73 Å². The van der Waals surface area contributed by atoms with E-state index in [1.807, 2.05) is 0 Å². The summed E-state index contributed by atoms with van der Waals surface area (Å²) < 4.78 is 13.6. The summed E-state index contributed by atoms with van der Waals surface area (Å²) in [5.74, 6) is 0.474. The molecule has 1 fully saturated rings. The largest absolute Gasteiger partial charge is 0.398 e. The second-order valence-corrected chi connectivity index (χ2v) is 5.86. The summed E-state index contributed by atoms with van der Waals surface area (Å²) in [6, 6.07) is 2.99. The van der Waals surface area contributed by atoms with Gasteiger partial charge in [-0.1, -0.05) is 20.3 Å². The first-order valence-corrected chi connectivity index (χ1v) is 7.30. The lowest BCUT2D eigenvalue weighted by Gasteiger charge is -2.21. The maximum Gasteiger partial charge on any atom is 0.251 e. The van der Waals surface area contributed by atoms with Crippen LogP contribution in [-0.2, 0) is 0 Å². The minimum atomic E-state index is -0.430. The van der Waals surface area contributed by atoms with Crippen LogP contribution in [0.5, 0.6) is 0 Å². The number of carbonyl (C=O) groups excluding carboxylic acids is 1. The van der Waals surface area contributed by atoms with Gasteiger partial charge in [0, 0.05) is 22.9 Å². The molecule has 4 heteroatoms. The number of halogens is 1. The molecular formula is C16H23FN2O. The predicted octanol–water partition coefficient (Wildman–Crippen LogP) is 3.27. The fourth-order valence-corrected chi connectivity index (χ4v) is 3.11. The molecule has 1 aromatic rings. The molecule has 110 valence electrons. The summed E-state index contributed by atoms with van der Waals surface area (Å²) in [5.41, 5.74) is 6.73. The molecule has 1 aromatic carbocycles. The molecule has 0 spiro atoms. The van der Waals surface area contributed by atoms with E-state index in [1.54, 1.807) is 13.0 Å². The molecule has 0 aliphatic heterocycles. The summed E-state index contributed by atoms with van der Waals surface area (Å²) in [6.45, 7) is 5.97. The molecule has 0 saturated heterocycles. The highest BCUT2D eigenvalue weighted by Gasteiger charge is 2.32. The third-order valence-electron chi connectivity index (χ3n) is 4.71. The zero-order valence-electron chi connectivity index (χ0n) is 12.4. The van der Waals surface area contributed by atoms with Crippen molar-refractivity contribution >= 4 is 11.6 Å². The van der Waals surface area contributed by atoms with E-state index in [2.05, 4.69) is 19.2 Å². The van der Waals surface area contributed by atoms with Crippen LogP contribution in [0, 0.1) is 24.6 Å². The standard InChI is InChI=1S/C16H23FN2O/c1-4-11-5-6-15(9(11)2)19-16(20)12-7-13(17)10(3)14(18)8-12/h7-9,11,15H,4-6,18H2,1-3H3,(H,19,20). The van der Waals surface area contributed by atoms with Crippen molar-refractivity contribution in [3.8, 4) is 0 Å². The number of carbonyl (C=O) groups is 1. The Balaban J connectivity index is 2.10. The van der Waals surface area contributed by atoms with Crippen molar-refractivity contribution in [3.63, 3.8) is 0 Å². The lowest BCUT2D eigenvalue weighted by atomic mass is 9.93. The molecule has 1 aliphatic carbocycles. The number of rotatable bonds is 3. The topological polar surface area (TPSA) is 55.1 Å². The number of amides is 1. The third-order valence-corrected chi connectivity index (χ3v) is 4.71. The van der Waals surface area contributed by atoms with Crippen molar-refractivity contribution in [3.05, 3.63) is 29.1 Å². The van der Waals surface area contributed by atoms with E-state index in [9.17, 15) is 9.18 Å². The monoisotopic (exact) mass is 278 g/mol. The Bertz CT molecular complexity index is 492. The number of nitrogens with one attached hydrogen (secondary N) is 1. The first-order valence-electron chi connectivity index (χ1n) is 7.30. The number of benzene rings is 1. The highest BCUT2D eigenvalue weighted by molar-refractivity contribution is 5.95. The Kier molecular flexibility index (Phi) is 4.31. The zero-order valence-corrected chi connectivity index (χ0v) is 12.4. The van der Waals surface area contributed by atoms with Gasteiger partial charge in [0.1, 0.15) is 5.82 Å². The van der Waals surface area contributed by atoms with Crippen molar-refractivity contribution in [2.45, 2.75) is 46.1 Å². The second kappa shape index (κ2) is 5.81. The molecule has 0 heterocycles. The molecule has 0 aromatic heterocycles. The number of nitrogens with two attached hydrogens (primary N) is 1. The van der Waals surface area contributed by atoms with E-state index < -0.39 is 5.82 Å². The highest BCUT2D eigenvalue weighted by atomic mass is 19.1. The normalized spacial score (nSPS) is 25.7. The molecule has 0 bridgehead atoms. The minimum Gasteiger partial charge on any atom is -0.398 e. The maximum absolute atomic E-state index is 13.6. The van der Waals surface area contributed by atoms with Gasteiger partial charge >= 0.3 is 0 Å². The van der Waals surface area contributed by atoms with Crippen LogP contribution in [0.1, 0.15) is 49.0 Å². The molecule has 1 amide bonds. The van der Waals surface area contributed by atoms with E-state index in [0.717, 1.165) is 19.3 Å². The Labute approximate surface area is 119 Å². The van der Waals surface area contributed by atoms with Crippen molar-refractivity contribution in [1.29, 1.82) is 0 Å². The molecule has 20 heavy (non-hydrogen) atoms. The van der Waals surface area contributed by atoms with Gasteiger partial charge in [0.15, 0.2) is 0 Å². The lowest BCUT2D eigenvalue weighted by molar-refractivity contribution is 0.0926. The quantitative estimate of drug-likeness (QED) is 0.834. The minimum absolute atomic E-state index is 0.179. The summed E-state index contributed by atoms with van der Waals surface area (Å²) in [4.78, 5) is 12.2. The molecule has 3 unspecified atom stereocenters. The van der Waals surface area contributed by atoms with Crippen LogP contribution in [0.15, 0.2) is 12.1 Å². The van der Waals surface area contributed by atoms with Gasteiger partial charge < -0.3 is 11.1 Å². The number of nitrogen functional groups attached to an aromatic ring is 1. The molecule has 2 rings (SSSR count). The van der Waals surface area contributed by atoms with E-state index >= 15 is 0 Å². The first-order chi connectivity index (χ1) is 9.43. The molecule has 3 nitrogen and oxygen atoms in total. The van der Waals surface area contributed by atoms with Gasteiger partial charge in [0.25, 0.3) is 5.91 Å². The first kappa shape index (κ1) is 14.8. The Morgan fingerprint density at radius 2 is 2.15 bits per heavy atom. The van der Waals surface area contributed by atoms with Gasteiger partial charge in [-0.05, 0) is 43.7 Å². The predicted molar refractivity (Wildman–Crippen MR) is 79.0 cm³/mol. The van der Waals surface area contributed by atoms with Crippen molar-refractivity contribution < 1.29 is 9.18 Å². The van der Waals surface area contributed by atoms with Crippen LogP contribution in [0.2, 0.25) is 0 Å². The van der Waals surface area contributed by atoms with Crippen LogP contribution in [-0.4, -0.2) is 11.9 Å². The Morgan fingerprint density at radius 3 is 2.70 bits per heavy atom. The molecule has 0 radical (unpaired) electrons. The Hall–Kier alpha value is -1.58. The van der Waals surface area contributed by atoms with E-state index in [1.165, 1.54) is 6.07 Å². The summed E-state index contributed by atoms with van der Waals surface area (Å²) in [6.07, 6.45) is 3.28. The highest BCUT2D eigenvalue weighted by Crippen LogP contribution is 2.34. The SMILES string of the molecule is CCC1CCC(NC(=O)c2cc(N)c(C)c(F)c2)C1C. The maximum atomic E-state index is 13.6. The molecule has 3 N–H and O–H groups in total. The molecule has 1 aliphatic rings. The van der Waals surface area contributed by atoms with Crippen LogP contribution in [0.25, 0.3) is 0 Å². The fourth-order valence-electron chi connectivity index (χ4n) is 3.11. The fraction of sp³-hybridized carbons (Fsp3) is 0.562. The van der Waals surface area contributed by atoms with Gasteiger partial charge in [-0.2, -0.15) is 0 Å². The molecule has 3 atom stereocenters.